The molecule has 0 aromatic heterocycles. The predicted octanol–water partition coefficient (Wildman–Crippen LogP) is 1.75. The van der Waals surface area contributed by atoms with Crippen molar-refractivity contribution in [2.45, 2.75) is 76.6 Å². The quantitative estimate of drug-likeness (QED) is 0.800. The average Bonchev–Trinajstić information content (AvgIpc) is 2.93. The van der Waals surface area contributed by atoms with Crippen LogP contribution in [0.15, 0.2) is 0 Å². The van der Waals surface area contributed by atoms with Crippen molar-refractivity contribution in [2.75, 3.05) is 0 Å². The largest absolute Gasteiger partial charge is 0.444 e. The number of ketones is 1. The summed E-state index contributed by atoms with van der Waals surface area (Å²) in [6.07, 6.45) is 2.50. The van der Waals surface area contributed by atoms with Crippen LogP contribution in [-0.2, 0) is 9.53 Å². The van der Waals surface area contributed by atoms with Crippen LogP contribution >= 0.6 is 0 Å². The van der Waals surface area contributed by atoms with Gasteiger partial charge in [-0.15, -0.1) is 0 Å². The molecule has 2 aliphatic rings. The molecule has 19 heavy (non-hydrogen) atoms. The third-order valence-electron chi connectivity index (χ3n) is 3.66. The van der Waals surface area contributed by atoms with Gasteiger partial charge in [0.15, 0.2) is 0 Å². The monoisotopic (exact) mass is 268 g/mol. The Hall–Kier alpha value is -1.10. The lowest BCUT2D eigenvalue weighted by atomic mass is 9.91. The van der Waals surface area contributed by atoms with Gasteiger partial charge in [0.2, 0.25) is 0 Å². The second-order valence-corrected chi connectivity index (χ2v) is 6.85. The van der Waals surface area contributed by atoms with Gasteiger partial charge in [-0.05, 0) is 40.5 Å². The number of rotatable bonds is 2. The molecule has 0 radical (unpaired) electrons. The number of piperidine rings is 1. The summed E-state index contributed by atoms with van der Waals surface area (Å²) in [5, 5.41) is 6.39. The van der Waals surface area contributed by atoms with Gasteiger partial charge >= 0.3 is 6.09 Å². The summed E-state index contributed by atoms with van der Waals surface area (Å²) < 4.78 is 5.30. The van der Waals surface area contributed by atoms with Crippen molar-refractivity contribution in [3.63, 3.8) is 0 Å². The predicted molar refractivity (Wildman–Crippen MR) is 72.0 cm³/mol. The number of alkyl carbamates (subject to hydrolysis) is 1. The lowest BCUT2D eigenvalue weighted by Crippen LogP contribution is -2.58. The number of hydrogen-bond donors (Lipinski definition) is 2. The number of carbonyl (C=O) groups is 2. The van der Waals surface area contributed by atoms with E-state index in [4.69, 9.17) is 4.74 Å². The van der Waals surface area contributed by atoms with E-state index in [1.807, 2.05) is 27.7 Å². The fourth-order valence-electron chi connectivity index (χ4n) is 2.67. The van der Waals surface area contributed by atoms with Crippen LogP contribution in [0.4, 0.5) is 4.79 Å². The van der Waals surface area contributed by atoms with Crippen LogP contribution in [-0.4, -0.2) is 35.1 Å². The van der Waals surface area contributed by atoms with Gasteiger partial charge in [0.05, 0.1) is 5.54 Å². The maximum absolute atomic E-state index is 11.9. The van der Waals surface area contributed by atoms with Gasteiger partial charge in [0.25, 0.3) is 0 Å². The smallest absolute Gasteiger partial charge is 0.408 e. The molecular formula is C14H24N2O3. The fraction of sp³-hybridized carbons (Fsp3) is 0.857. The normalized spacial score (nSPS) is 29.8. The average molecular weight is 268 g/mol. The number of hydrogen-bond acceptors (Lipinski definition) is 4. The van der Waals surface area contributed by atoms with E-state index in [-0.39, 0.29) is 23.4 Å². The molecule has 5 heteroatoms. The van der Waals surface area contributed by atoms with Crippen molar-refractivity contribution in [1.29, 1.82) is 0 Å². The molecular weight excluding hydrogens is 244 g/mol. The summed E-state index contributed by atoms with van der Waals surface area (Å²) in [6, 6.07) is 0.223. The summed E-state index contributed by atoms with van der Waals surface area (Å²) in [5.74, 6) is 0.272. The standard InChI is InChI=1S/C14H24N2O3/c1-9-7-10(17)8-11(15-9)14(5-6-14)16-12(18)19-13(2,3)4/h9,11,15H,5-8H2,1-4H3,(H,16,18)/t9-,11-/m0/s1. The van der Waals surface area contributed by atoms with Crippen LogP contribution in [0.2, 0.25) is 0 Å². The van der Waals surface area contributed by atoms with Crippen LogP contribution < -0.4 is 10.6 Å². The highest BCUT2D eigenvalue weighted by Crippen LogP contribution is 2.41. The lowest BCUT2D eigenvalue weighted by Gasteiger charge is -2.35. The second-order valence-electron chi connectivity index (χ2n) is 6.85. The Morgan fingerprint density at radius 3 is 2.47 bits per heavy atom. The highest BCUT2D eigenvalue weighted by atomic mass is 16.6. The first-order valence-electron chi connectivity index (χ1n) is 6.99. The summed E-state index contributed by atoms with van der Waals surface area (Å²) in [5.41, 5.74) is -0.782. The van der Waals surface area contributed by atoms with E-state index >= 15 is 0 Å². The van der Waals surface area contributed by atoms with Crippen LogP contribution in [0.5, 0.6) is 0 Å². The molecule has 2 atom stereocenters. The minimum Gasteiger partial charge on any atom is -0.444 e. The van der Waals surface area contributed by atoms with Gasteiger partial charge in [-0.3, -0.25) is 4.79 Å². The number of carbonyl (C=O) groups excluding carboxylic acids is 2. The minimum absolute atomic E-state index is 0.0382. The zero-order chi connectivity index (χ0) is 14.3. The Labute approximate surface area is 114 Å². The topological polar surface area (TPSA) is 67.4 Å². The van der Waals surface area contributed by atoms with Crippen molar-refractivity contribution in [3.8, 4) is 0 Å². The van der Waals surface area contributed by atoms with Crippen LogP contribution in [0.25, 0.3) is 0 Å². The third-order valence-corrected chi connectivity index (χ3v) is 3.66. The summed E-state index contributed by atoms with van der Waals surface area (Å²) >= 11 is 0. The van der Waals surface area contributed by atoms with Crippen molar-refractivity contribution in [2.24, 2.45) is 0 Å². The van der Waals surface area contributed by atoms with E-state index < -0.39 is 11.7 Å². The van der Waals surface area contributed by atoms with Gasteiger partial charge in [-0.1, -0.05) is 0 Å². The Bertz CT molecular complexity index is 383. The molecule has 2 N–H and O–H groups in total. The lowest BCUT2D eigenvalue weighted by molar-refractivity contribution is -0.121. The first-order chi connectivity index (χ1) is 8.70. The molecule has 1 aliphatic heterocycles. The molecule has 0 aromatic carbocycles. The van der Waals surface area contributed by atoms with Crippen molar-refractivity contribution < 1.29 is 14.3 Å². The molecule has 1 saturated heterocycles. The highest BCUT2D eigenvalue weighted by molar-refractivity contribution is 5.81. The number of ether oxygens (including phenoxy) is 1. The maximum atomic E-state index is 11.9. The minimum atomic E-state index is -0.497. The van der Waals surface area contributed by atoms with E-state index in [0.29, 0.717) is 12.8 Å². The first kappa shape index (κ1) is 14.3. The summed E-state index contributed by atoms with van der Waals surface area (Å²) in [6.45, 7) is 7.54. The van der Waals surface area contributed by atoms with E-state index in [0.717, 1.165) is 12.8 Å². The number of nitrogens with one attached hydrogen (secondary N) is 2. The zero-order valence-electron chi connectivity index (χ0n) is 12.2. The fourth-order valence-corrected chi connectivity index (χ4v) is 2.67. The van der Waals surface area contributed by atoms with Gasteiger partial charge < -0.3 is 15.4 Å². The molecule has 2 rings (SSSR count). The number of amides is 1. The second kappa shape index (κ2) is 4.78. The molecule has 1 aliphatic carbocycles. The molecule has 1 amide bonds. The molecule has 108 valence electrons. The van der Waals surface area contributed by atoms with Gasteiger partial charge in [0, 0.05) is 24.9 Å². The molecule has 0 bridgehead atoms. The third kappa shape index (κ3) is 3.69. The molecule has 1 heterocycles. The van der Waals surface area contributed by atoms with Crippen LogP contribution in [0.1, 0.15) is 53.4 Å². The zero-order valence-corrected chi connectivity index (χ0v) is 12.2. The first-order valence-corrected chi connectivity index (χ1v) is 6.99. The Kier molecular flexibility index (Phi) is 3.60. The van der Waals surface area contributed by atoms with E-state index in [1.165, 1.54) is 0 Å². The van der Waals surface area contributed by atoms with Gasteiger partial charge in [-0.25, -0.2) is 4.79 Å². The maximum Gasteiger partial charge on any atom is 0.408 e. The summed E-state index contributed by atoms with van der Waals surface area (Å²) in [7, 11) is 0. The molecule has 5 nitrogen and oxygen atoms in total. The molecule has 0 unspecified atom stereocenters. The van der Waals surface area contributed by atoms with Crippen LogP contribution in [0.3, 0.4) is 0 Å². The Balaban J connectivity index is 1.95. The van der Waals surface area contributed by atoms with Gasteiger partial charge in [-0.2, -0.15) is 0 Å². The van der Waals surface area contributed by atoms with E-state index in [9.17, 15) is 9.59 Å². The Morgan fingerprint density at radius 2 is 2.00 bits per heavy atom. The van der Waals surface area contributed by atoms with Crippen molar-refractivity contribution in [1.82, 2.24) is 10.6 Å². The van der Waals surface area contributed by atoms with Crippen LogP contribution in [0, 0.1) is 0 Å². The van der Waals surface area contributed by atoms with E-state index in [2.05, 4.69) is 10.6 Å². The van der Waals surface area contributed by atoms with Crippen molar-refractivity contribution >= 4 is 11.9 Å². The highest BCUT2D eigenvalue weighted by Gasteiger charge is 2.53. The van der Waals surface area contributed by atoms with Crippen molar-refractivity contribution in [3.05, 3.63) is 0 Å². The van der Waals surface area contributed by atoms with E-state index in [1.54, 1.807) is 0 Å². The number of Topliss-reactive ketones (excluding diaryl/α,β-unsaturated/α-hetero) is 1. The Morgan fingerprint density at radius 1 is 1.37 bits per heavy atom. The molecule has 2 fully saturated rings. The van der Waals surface area contributed by atoms with Gasteiger partial charge in [0.1, 0.15) is 11.4 Å². The molecule has 0 aromatic rings. The SMILES string of the molecule is C[C@H]1CC(=O)C[C@@H](C2(NC(=O)OC(C)(C)C)CC2)N1. The molecule has 0 spiro atoms. The molecule has 1 saturated carbocycles. The summed E-state index contributed by atoms with van der Waals surface area (Å²) in [4.78, 5) is 23.6.